The second kappa shape index (κ2) is 9.49. The molecule has 7 heteroatoms. The number of fused-ring (bicyclic) bond motifs is 1. The number of aryl methyl sites for hydroxylation is 3. The monoisotopic (exact) mass is 523 g/mol. The van der Waals surface area contributed by atoms with Gasteiger partial charge in [-0.1, -0.05) is 18.2 Å². The summed E-state index contributed by atoms with van der Waals surface area (Å²) in [6.45, 7) is 4.16. The van der Waals surface area contributed by atoms with Crippen LogP contribution in [0.4, 0.5) is 10.1 Å². The van der Waals surface area contributed by atoms with Gasteiger partial charge in [-0.2, -0.15) is 0 Å². The van der Waals surface area contributed by atoms with E-state index >= 15 is 4.39 Å². The van der Waals surface area contributed by atoms with Crippen LogP contribution in [0.1, 0.15) is 52.7 Å². The van der Waals surface area contributed by atoms with Crippen LogP contribution in [0.5, 0.6) is 0 Å². The summed E-state index contributed by atoms with van der Waals surface area (Å²) >= 11 is 0. The Balaban J connectivity index is 1.29. The third-order valence-electron chi connectivity index (χ3n) is 8.17. The predicted molar refractivity (Wildman–Crippen MR) is 149 cm³/mol. The van der Waals surface area contributed by atoms with E-state index in [1.54, 1.807) is 29.9 Å². The molecule has 2 aromatic heterocycles. The fourth-order valence-electron chi connectivity index (χ4n) is 6.12. The van der Waals surface area contributed by atoms with E-state index in [2.05, 4.69) is 36.3 Å². The molecule has 6 nitrogen and oxygen atoms in total. The standard InChI is InChI=1S/C32H30FN3O3/c1-17-12-20(19-4-11-29(37)36(3)16-19)13-18(2)30(17)22-6-8-26(33)31-23(22)7-10-28(31)35-21-5-9-27(34-15-21)24-14-25(24)32(38)39/h4-6,8-9,11-13,15-16,24-25,28,35H,7,10,14H2,1-3H3,(H,38,39)/t24-,25-,28-/m1/s1. The van der Waals surface area contributed by atoms with Crippen molar-refractivity contribution in [1.82, 2.24) is 9.55 Å². The Bertz CT molecular complexity index is 1650. The number of anilines is 1. The van der Waals surface area contributed by atoms with Gasteiger partial charge in [-0.15, -0.1) is 0 Å². The van der Waals surface area contributed by atoms with Crippen molar-refractivity contribution in [3.8, 4) is 22.3 Å². The normalized spacial score (nSPS) is 19.5. The summed E-state index contributed by atoms with van der Waals surface area (Å²) in [5.41, 5.74) is 9.66. The number of hydrogen-bond acceptors (Lipinski definition) is 4. The Labute approximate surface area is 226 Å². The fraction of sp³-hybridized carbons (Fsp3) is 0.281. The van der Waals surface area contributed by atoms with Gasteiger partial charge in [-0.25, -0.2) is 4.39 Å². The number of carboxylic acids is 1. The Morgan fingerprint density at radius 2 is 1.85 bits per heavy atom. The van der Waals surface area contributed by atoms with Crippen LogP contribution < -0.4 is 10.9 Å². The molecule has 4 aromatic rings. The van der Waals surface area contributed by atoms with Gasteiger partial charge in [0.2, 0.25) is 5.56 Å². The molecule has 0 radical (unpaired) electrons. The van der Waals surface area contributed by atoms with Gasteiger partial charge in [0.15, 0.2) is 0 Å². The van der Waals surface area contributed by atoms with E-state index in [4.69, 9.17) is 0 Å². The molecule has 3 atom stereocenters. The van der Waals surface area contributed by atoms with Crippen LogP contribution in [0.25, 0.3) is 22.3 Å². The fourth-order valence-corrected chi connectivity index (χ4v) is 6.12. The molecule has 198 valence electrons. The van der Waals surface area contributed by atoms with E-state index in [1.165, 1.54) is 0 Å². The smallest absolute Gasteiger partial charge is 0.307 e. The zero-order valence-corrected chi connectivity index (χ0v) is 22.2. The van der Waals surface area contributed by atoms with Crippen LogP contribution in [-0.4, -0.2) is 20.6 Å². The average molecular weight is 524 g/mol. The molecular weight excluding hydrogens is 493 g/mol. The zero-order chi connectivity index (χ0) is 27.4. The van der Waals surface area contributed by atoms with Crippen molar-refractivity contribution in [2.75, 3.05) is 5.32 Å². The van der Waals surface area contributed by atoms with Crippen LogP contribution in [0.15, 0.2) is 65.7 Å². The number of carboxylic acid groups (broad SMARTS) is 1. The van der Waals surface area contributed by atoms with Crippen LogP contribution in [0.3, 0.4) is 0 Å². The number of aromatic nitrogens is 2. The molecule has 2 N–H and O–H groups in total. The number of aliphatic carboxylic acids is 1. The lowest BCUT2D eigenvalue weighted by Gasteiger charge is -2.19. The minimum absolute atomic E-state index is 0.0181. The molecule has 2 aromatic carbocycles. The summed E-state index contributed by atoms with van der Waals surface area (Å²) in [4.78, 5) is 27.5. The second-order valence-corrected chi connectivity index (χ2v) is 10.8. The number of rotatable bonds is 6. The lowest BCUT2D eigenvalue weighted by Crippen LogP contribution is -2.13. The molecule has 0 bridgehead atoms. The summed E-state index contributed by atoms with van der Waals surface area (Å²) in [6.07, 6.45) is 5.72. The molecular formula is C32H30FN3O3. The predicted octanol–water partition coefficient (Wildman–Crippen LogP) is 6.16. The first-order valence-electron chi connectivity index (χ1n) is 13.3. The topological polar surface area (TPSA) is 84.2 Å². The van der Waals surface area contributed by atoms with Crippen molar-refractivity contribution in [3.63, 3.8) is 0 Å². The molecule has 2 aliphatic carbocycles. The van der Waals surface area contributed by atoms with Gasteiger partial charge >= 0.3 is 5.97 Å². The van der Waals surface area contributed by atoms with E-state index in [1.807, 2.05) is 30.5 Å². The molecule has 2 aliphatic rings. The SMILES string of the molecule is Cc1cc(-c2ccc(=O)n(C)c2)cc(C)c1-c1ccc(F)c2c1CC[C@H]2Nc1ccc([C@@H]2C[C@H]2C(=O)O)nc1. The number of nitrogens with zero attached hydrogens (tertiary/aromatic N) is 2. The summed E-state index contributed by atoms with van der Waals surface area (Å²) in [5.74, 6) is -1.35. The minimum Gasteiger partial charge on any atom is -0.481 e. The third-order valence-corrected chi connectivity index (χ3v) is 8.17. The molecule has 6 rings (SSSR count). The van der Waals surface area contributed by atoms with Crippen molar-refractivity contribution < 1.29 is 14.3 Å². The lowest BCUT2D eigenvalue weighted by atomic mass is 9.88. The number of hydrogen-bond donors (Lipinski definition) is 2. The summed E-state index contributed by atoms with van der Waals surface area (Å²) in [7, 11) is 1.75. The average Bonchev–Trinajstić information content (AvgIpc) is 3.61. The molecule has 0 aliphatic heterocycles. The second-order valence-electron chi connectivity index (χ2n) is 10.8. The van der Waals surface area contributed by atoms with Crippen molar-refractivity contribution in [2.45, 2.75) is 45.1 Å². The van der Waals surface area contributed by atoms with E-state index < -0.39 is 5.97 Å². The van der Waals surface area contributed by atoms with Crippen LogP contribution in [0, 0.1) is 25.6 Å². The molecule has 39 heavy (non-hydrogen) atoms. The molecule has 0 amide bonds. The van der Waals surface area contributed by atoms with Gasteiger partial charge in [0.25, 0.3) is 0 Å². The summed E-state index contributed by atoms with van der Waals surface area (Å²) in [6, 6.07) is 14.7. The van der Waals surface area contributed by atoms with Gasteiger partial charge in [-0.3, -0.25) is 14.6 Å². The summed E-state index contributed by atoms with van der Waals surface area (Å²) < 4.78 is 16.8. The first kappa shape index (κ1) is 25.0. The third kappa shape index (κ3) is 4.52. The molecule has 0 saturated heterocycles. The van der Waals surface area contributed by atoms with Gasteiger partial charge in [0.1, 0.15) is 5.82 Å². The van der Waals surface area contributed by atoms with Crippen LogP contribution in [0.2, 0.25) is 0 Å². The van der Waals surface area contributed by atoms with Crippen LogP contribution >= 0.6 is 0 Å². The van der Waals surface area contributed by atoms with E-state index in [0.717, 1.165) is 63.2 Å². The maximum absolute atomic E-state index is 15.3. The van der Waals surface area contributed by atoms with E-state index in [-0.39, 0.29) is 29.3 Å². The van der Waals surface area contributed by atoms with Crippen molar-refractivity contribution in [3.05, 3.63) is 105 Å². The number of pyridine rings is 2. The maximum Gasteiger partial charge on any atom is 0.307 e. The van der Waals surface area contributed by atoms with Crippen molar-refractivity contribution >= 4 is 11.7 Å². The Hall–Kier alpha value is -4.26. The van der Waals surface area contributed by atoms with E-state index in [0.29, 0.717) is 12.0 Å². The van der Waals surface area contributed by atoms with Gasteiger partial charge in [-0.05, 0) is 96.3 Å². The van der Waals surface area contributed by atoms with Gasteiger partial charge in [0.05, 0.1) is 23.8 Å². The Morgan fingerprint density at radius 3 is 2.49 bits per heavy atom. The maximum atomic E-state index is 15.3. The first-order valence-corrected chi connectivity index (χ1v) is 13.3. The number of carbonyl (C=O) groups is 1. The lowest BCUT2D eigenvalue weighted by molar-refractivity contribution is -0.138. The highest BCUT2D eigenvalue weighted by atomic mass is 19.1. The van der Waals surface area contributed by atoms with Crippen molar-refractivity contribution in [2.24, 2.45) is 13.0 Å². The molecule has 1 fully saturated rings. The zero-order valence-electron chi connectivity index (χ0n) is 22.2. The molecule has 0 unspecified atom stereocenters. The van der Waals surface area contributed by atoms with Gasteiger partial charge in [0, 0.05) is 36.5 Å². The largest absolute Gasteiger partial charge is 0.481 e. The highest BCUT2D eigenvalue weighted by Crippen LogP contribution is 2.47. The number of nitrogens with one attached hydrogen (secondary N) is 1. The Kier molecular flexibility index (Phi) is 6.09. The summed E-state index contributed by atoms with van der Waals surface area (Å²) in [5, 5.41) is 12.6. The molecule has 1 saturated carbocycles. The minimum atomic E-state index is -0.773. The molecule has 0 spiro atoms. The highest BCUT2D eigenvalue weighted by molar-refractivity contribution is 5.80. The number of benzene rings is 2. The van der Waals surface area contributed by atoms with Crippen LogP contribution in [-0.2, 0) is 18.3 Å². The number of halogens is 1. The van der Waals surface area contributed by atoms with E-state index in [9.17, 15) is 14.7 Å². The highest BCUT2D eigenvalue weighted by Gasteiger charge is 2.45. The Morgan fingerprint density at radius 1 is 1.08 bits per heavy atom. The van der Waals surface area contributed by atoms with Crippen molar-refractivity contribution in [1.29, 1.82) is 0 Å². The molecule has 2 heterocycles. The quantitative estimate of drug-likeness (QED) is 0.316. The van der Waals surface area contributed by atoms with Gasteiger partial charge < -0.3 is 15.0 Å². The first-order chi connectivity index (χ1) is 18.7.